The van der Waals surface area contributed by atoms with E-state index < -0.39 is 36.3 Å². The first-order valence-corrected chi connectivity index (χ1v) is 28.2. The van der Waals surface area contributed by atoms with Crippen molar-refractivity contribution in [2.24, 2.45) is 0 Å². The van der Waals surface area contributed by atoms with Crippen molar-refractivity contribution in [1.29, 1.82) is 0 Å². The van der Waals surface area contributed by atoms with Gasteiger partial charge in [0.05, 0.1) is 24.2 Å². The molecule has 14 heteroatoms. The van der Waals surface area contributed by atoms with Gasteiger partial charge in [-0.2, -0.15) is 0 Å². The molecular weight excluding hydrogens is 981 g/mol. The zero-order valence-electron chi connectivity index (χ0n) is 45.6. The summed E-state index contributed by atoms with van der Waals surface area (Å²) in [5.74, 6) is 0.275. The van der Waals surface area contributed by atoms with Gasteiger partial charge in [0.2, 0.25) is 23.6 Å². The molecule has 0 aromatic heterocycles. The Bertz CT molecular complexity index is 2730. The summed E-state index contributed by atoms with van der Waals surface area (Å²) >= 11 is 0. The van der Waals surface area contributed by atoms with Gasteiger partial charge in [-0.3, -0.25) is 28.8 Å². The second kappa shape index (κ2) is 26.0. The van der Waals surface area contributed by atoms with Crippen LogP contribution in [-0.2, 0) is 54.8 Å². The van der Waals surface area contributed by atoms with Crippen LogP contribution in [0, 0.1) is 0 Å². The van der Waals surface area contributed by atoms with Crippen molar-refractivity contribution in [3.05, 3.63) is 166 Å². The van der Waals surface area contributed by atoms with Crippen molar-refractivity contribution in [3.8, 4) is 11.5 Å². The summed E-state index contributed by atoms with van der Waals surface area (Å²) in [6.07, 6.45) is 9.40. The molecule has 0 bridgehead atoms. The third-order valence-electron chi connectivity index (χ3n) is 16.8. The van der Waals surface area contributed by atoms with E-state index >= 15 is 0 Å². The molecule has 4 aliphatic rings. The largest absolute Gasteiger partial charge is 0.489 e. The smallest absolute Gasteiger partial charge is 0.250 e. The number of nitrogens with one attached hydrogen (secondary N) is 4. The minimum Gasteiger partial charge on any atom is -0.489 e. The van der Waals surface area contributed by atoms with Crippen LogP contribution in [0.1, 0.15) is 146 Å². The van der Waals surface area contributed by atoms with Crippen molar-refractivity contribution < 1.29 is 38.2 Å². The summed E-state index contributed by atoms with van der Waals surface area (Å²) in [5.41, 5.74) is 8.05. The van der Waals surface area contributed by atoms with Gasteiger partial charge in [-0.15, -0.1) is 0 Å². The van der Waals surface area contributed by atoms with Gasteiger partial charge in [-0.05, 0) is 173 Å². The summed E-state index contributed by atoms with van der Waals surface area (Å²) in [7, 11) is 3.38. The number of likely N-dealkylation sites (N-methyl/N-ethyl adjacent to an activating group) is 2. The molecule has 2 aliphatic heterocycles. The number of aryl methyl sites for hydroxylation is 2. The maximum Gasteiger partial charge on any atom is 0.250 e. The number of carbonyl (C=O) groups is 6. The molecule has 5 aromatic carbocycles. The Morgan fingerprint density at radius 2 is 0.885 bits per heavy atom. The number of Topliss-reactive ketones (excluding diaryl/α,β-unsaturated/α-hetero) is 2. The van der Waals surface area contributed by atoms with Gasteiger partial charge in [0, 0.05) is 25.9 Å². The van der Waals surface area contributed by atoms with Crippen molar-refractivity contribution in [3.63, 3.8) is 0 Å². The molecule has 4 amide bonds. The fourth-order valence-corrected chi connectivity index (χ4v) is 12.0. The van der Waals surface area contributed by atoms with E-state index in [1.54, 1.807) is 86.3 Å². The number of fused-ring (bicyclic) bond motifs is 2. The first-order valence-electron chi connectivity index (χ1n) is 28.2. The monoisotopic (exact) mass is 1060 g/mol. The number of nitrogens with zero attached hydrogens (tertiary/aromatic N) is 2. The molecule has 2 saturated heterocycles. The highest BCUT2D eigenvalue weighted by atomic mass is 16.5. The number of benzene rings is 5. The molecule has 9 rings (SSSR count). The zero-order valence-corrected chi connectivity index (χ0v) is 45.6. The summed E-state index contributed by atoms with van der Waals surface area (Å²) in [5, 5.41) is 11.9. The number of carbonyl (C=O) groups excluding carboxylic acids is 6. The third kappa shape index (κ3) is 13.0. The third-order valence-corrected chi connectivity index (χ3v) is 16.8. The molecule has 2 heterocycles. The van der Waals surface area contributed by atoms with Gasteiger partial charge in [0.15, 0.2) is 11.6 Å². The van der Waals surface area contributed by atoms with Crippen LogP contribution < -0.4 is 30.7 Å². The molecule has 2 aliphatic carbocycles. The van der Waals surface area contributed by atoms with Crippen LogP contribution in [0.4, 0.5) is 0 Å². The van der Waals surface area contributed by atoms with Crippen LogP contribution in [0.5, 0.6) is 11.5 Å². The lowest BCUT2D eigenvalue weighted by atomic mass is 9.79. The summed E-state index contributed by atoms with van der Waals surface area (Å²) in [6, 6.07) is 34.7. The van der Waals surface area contributed by atoms with Crippen molar-refractivity contribution in [1.82, 2.24) is 31.1 Å². The van der Waals surface area contributed by atoms with Gasteiger partial charge in [-0.1, -0.05) is 97.1 Å². The van der Waals surface area contributed by atoms with Gasteiger partial charge in [-0.25, -0.2) is 0 Å². The number of hydrogen-bond acceptors (Lipinski definition) is 10. The predicted octanol–water partition coefficient (Wildman–Crippen LogP) is 8.52. The molecule has 4 N–H and O–H groups in total. The number of likely N-dealkylation sites (tertiary alicyclic amines) is 2. The Balaban J connectivity index is 0.833. The Labute approximate surface area is 459 Å². The van der Waals surface area contributed by atoms with Gasteiger partial charge >= 0.3 is 0 Å². The van der Waals surface area contributed by atoms with Crippen LogP contribution >= 0.6 is 0 Å². The van der Waals surface area contributed by atoms with E-state index in [1.165, 1.54) is 22.3 Å². The number of amides is 4. The summed E-state index contributed by atoms with van der Waals surface area (Å²) < 4.78 is 12.6. The van der Waals surface area contributed by atoms with E-state index in [1.807, 2.05) is 36.4 Å². The zero-order chi connectivity index (χ0) is 54.7. The van der Waals surface area contributed by atoms with Gasteiger partial charge in [0.1, 0.15) is 36.8 Å². The van der Waals surface area contributed by atoms with Crippen LogP contribution in [0.2, 0.25) is 0 Å². The molecule has 8 atom stereocenters. The average molecular weight is 1060 g/mol. The normalized spacial score (nSPS) is 20.3. The lowest BCUT2D eigenvalue weighted by Gasteiger charge is -2.31. The van der Waals surface area contributed by atoms with E-state index in [2.05, 4.69) is 57.7 Å². The fraction of sp³-hybridized carbons (Fsp3) is 0.438. The van der Waals surface area contributed by atoms with Crippen LogP contribution in [0.3, 0.4) is 0 Å². The lowest BCUT2D eigenvalue weighted by Crippen LogP contribution is -2.50. The highest BCUT2D eigenvalue weighted by Crippen LogP contribution is 2.38. The first-order chi connectivity index (χ1) is 37.9. The Morgan fingerprint density at radius 1 is 0.500 bits per heavy atom. The van der Waals surface area contributed by atoms with Crippen LogP contribution in [0.25, 0.3) is 0 Å². The lowest BCUT2D eigenvalue weighted by molar-refractivity contribution is -0.141. The molecule has 2 fully saturated rings. The molecule has 410 valence electrons. The topological polar surface area (TPSA) is 175 Å². The highest BCUT2D eigenvalue weighted by Gasteiger charge is 2.41. The fourth-order valence-electron chi connectivity index (χ4n) is 12.0. The first kappa shape index (κ1) is 55.6. The van der Waals surface area contributed by atoms with E-state index in [9.17, 15) is 28.8 Å². The molecule has 1 unspecified atom stereocenters. The minimum absolute atomic E-state index is 0.0703. The molecule has 0 saturated carbocycles. The van der Waals surface area contributed by atoms with Gasteiger partial charge in [0.25, 0.3) is 0 Å². The number of rotatable bonds is 22. The SMILES string of the molecule is CN[C@@H](C)C(=O)N[C@H](C(=O)N1CCCC1C(=O)C[C@@H]1CCCc2ccccc21)c1ccc(OCc2ccccc2COc2ccc([C@H](NC(=O)[C@H](C)NC)C(=O)N3CCC[C@H]3C(=O)C[C@@H]3CCCc4ccccc43)cc2)cc1. The second-order valence-corrected chi connectivity index (χ2v) is 21.7. The van der Waals surface area contributed by atoms with Crippen molar-refractivity contribution >= 4 is 35.2 Å². The quantitative estimate of drug-likeness (QED) is 0.0526. The van der Waals surface area contributed by atoms with Gasteiger partial charge < -0.3 is 40.5 Å². The molecule has 0 radical (unpaired) electrons. The maximum absolute atomic E-state index is 14.6. The highest BCUT2D eigenvalue weighted by molar-refractivity contribution is 5.96. The minimum atomic E-state index is -1.01. The number of hydrogen-bond donors (Lipinski definition) is 4. The summed E-state index contributed by atoms with van der Waals surface area (Å²) in [4.78, 5) is 87.3. The molecular formula is C64H76N6O8. The molecule has 5 aromatic rings. The predicted molar refractivity (Wildman–Crippen MR) is 300 cm³/mol. The van der Waals surface area contributed by atoms with E-state index in [0.29, 0.717) is 74.2 Å². The molecule has 14 nitrogen and oxygen atoms in total. The molecule has 78 heavy (non-hydrogen) atoms. The maximum atomic E-state index is 14.6. The standard InChI is InChI=1S/C64H76N6O8/c1-41(65-3)61(73)67-59(63(75)69-35-13-25-55(69)57(71)37-47-21-11-19-43-15-7-9-23-53(43)47)45-27-31-51(32-28-45)77-39-49-17-5-6-18-50(49)40-78-52-33-29-46(30-34-52)60(68-62(74)42(2)66-4)64(76)70-36-14-26-56(70)58(72)38-48-22-12-20-44-16-8-10-24-54(44)48/h5-10,15-18,23-24,27-34,41-42,47-48,55-56,59-60,65-66H,11-14,19-22,25-26,35-40H2,1-4H3,(H,67,73)(H,68,74)/t41-,42-,47-,48-,55-,56?,59-,60-/m0/s1. The summed E-state index contributed by atoms with van der Waals surface area (Å²) in [6.45, 7) is 4.80. The second-order valence-electron chi connectivity index (χ2n) is 21.7. The van der Waals surface area contributed by atoms with Crippen LogP contribution in [-0.4, -0.2) is 96.3 Å². The Kier molecular flexibility index (Phi) is 18.5. The average Bonchev–Trinajstić information content (AvgIpc) is 4.24. The van der Waals surface area contributed by atoms with E-state index in [-0.39, 0.29) is 60.2 Å². The Morgan fingerprint density at radius 3 is 1.28 bits per heavy atom. The van der Waals surface area contributed by atoms with Crippen molar-refractivity contribution in [2.45, 2.75) is 152 Å². The van der Waals surface area contributed by atoms with Crippen LogP contribution in [0.15, 0.2) is 121 Å². The van der Waals surface area contributed by atoms with E-state index in [4.69, 9.17) is 9.47 Å². The Hall–Kier alpha value is -7.16. The van der Waals surface area contributed by atoms with E-state index in [0.717, 1.165) is 49.7 Å². The number of ketones is 2. The molecule has 0 spiro atoms. The van der Waals surface area contributed by atoms with Crippen molar-refractivity contribution in [2.75, 3.05) is 27.2 Å². The number of ether oxygens (including phenoxy) is 2.